The average Bonchev–Trinajstić information content (AvgIpc) is 2.78. The number of ether oxygens (including phenoxy) is 2. The minimum atomic E-state index is -0.418. The second kappa shape index (κ2) is 11.3. The van der Waals surface area contributed by atoms with Crippen molar-refractivity contribution in [3.8, 4) is 5.75 Å². The van der Waals surface area contributed by atoms with E-state index in [1.165, 1.54) is 12.5 Å². The van der Waals surface area contributed by atoms with Gasteiger partial charge in [0, 0.05) is 6.08 Å². The Bertz CT molecular complexity index is 912. The predicted molar refractivity (Wildman–Crippen MR) is 123 cm³/mol. The van der Waals surface area contributed by atoms with Gasteiger partial charge in [-0.3, -0.25) is 0 Å². The van der Waals surface area contributed by atoms with Crippen molar-refractivity contribution in [3.63, 3.8) is 0 Å². The molecule has 0 saturated carbocycles. The van der Waals surface area contributed by atoms with Gasteiger partial charge in [-0.25, -0.2) is 9.59 Å². The first-order chi connectivity index (χ1) is 15.0. The lowest BCUT2D eigenvalue weighted by molar-refractivity contribution is -0.137. The first kappa shape index (κ1) is 22.5. The summed E-state index contributed by atoms with van der Waals surface area (Å²) >= 11 is 0. The van der Waals surface area contributed by atoms with Crippen LogP contribution in [0.3, 0.4) is 0 Å². The molecule has 31 heavy (non-hydrogen) atoms. The summed E-state index contributed by atoms with van der Waals surface area (Å²) in [6, 6.07) is 15.8. The third-order valence-electron chi connectivity index (χ3n) is 5.64. The number of para-hydroxylation sites is 1. The van der Waals surface area contributed by atoms with Gasteiger partial charge in [0.15, 0.2) is 0 Å². The Kier molecular flexibility index (Phi) is 8.22. The smallest absolute Gasteiger partial charge is 0.343 e. The molecule has 162 valence electrons. The molecule has 2 aromatic carbocycles. The van der Waals surface area contributed by atoms with Gasteiger partial charge in [-0.2, -0.15) is 0 Å². The van der Waals surface area contributed by atoms with Crippen LogP contribution in [0, 0.1) is 17.8 Å². The van der Waals surface area contributed by atoms with E-state index in [2.05, 4.69) is 26.0 Å². The van der Waals surface area contributed by atoms with Gasteiger partial charge in [0.05, 0.1) is 12.2 Å². The van der Waals surface area contributed by atoms with Gasteiger partial charge in [-0.1, -0.05) is 56.3 Å². The molecule has 0 aromatic heterocycles. The van der Waals surface area contributed by atoms with Crippen molar-refractivity contribution in [1.29, 1.82) is 0 Å². The molecule has 2 aromatic rings. The molecule has 0 fully saturated rings. The minimum Gasteiger partial charge on any atom is -0.463 e. The lowest BCUT2D eigenvalue weighted by Crippen LogP contribution is -2.18. The first-order valence-corrected chi connectivity index (χ1v) is 10.9. The molecule has 0 aliphatic heterocycles. The molecule has 1 aliphatic rings. The van der Waals surface area contributed by atoms with Crippen molar-refractivity contribution in [2.75, 3.05) is 6.61 Å². The summed E-state index contributed by atoms with van der Waals surface area (Å²) in [7, 11) is 0. The third kappa shape index (κ3) is 7.25. The monoisotopic (exact) mass is 418 g/mol. The van der Waals surface area contributed by atoms with Crippen LogP contribution in [0.2, 0.25) is 0 Å². The van der Waals surface area contributed by atoms with Crippen LogP contribution in [-0.2, 0) is 9.53 Å². The number of hydrogen-bond acceptors (Lipinski definition) is 4. The van der Waals surface area contributed by atoms with Gasteiger partial charge >= 0.3 is 11.9 Å². The third-order valence-corrected chi connectivity index (χ3v) is 5.64. The molecule has 0 radical (unpaired) electrons. The van der Waals surface area contributed by atoms with Crippen LogP contribution in [0.4, 0.5) is 0 Å². The zero-order valence-corrected chi connectivity index (χ0v) is 18.2. The molecule has 0 amide bonds. The van der Waals surface area contributed by atoms with E-state index in [-0.39, 0.29) is 5.97 Å². The Morgan fingerprint density at radius 3 is 2.48 bits per heavy atom. The highest BCUT2D eigenvalue weighted by Gasteiger charge is 2.20. The summed E-state index contributed by atoms with van der Waals surface area (Å²) in [6.07, 6.45) is 10.9. The van der Waals surface area contributed by atoms with Crippen LogP contribution in [0.5, 0.6) is 5.75 Å². The maximum Gasteiger partial charge on any atom is 0.343 e. The van der Waals surface area contributed by atoms with Gasteiger partial charge in [0.2, 0.25) is 0 Å². The predicted octanol–water partition coefficient (Wildman–Crippen LogP) is 6.09. The topological polar surface area (TPSA) is 52.6 Å². The Morgan fingerprint density at radius 1 is 1.00 bits per heavy atom. The molecule has 0 bridgehead atoms. The summed E-state index contributed by atoms with van der Waals surface area (Å²) in [5, 5.41) is 0. The van der Waals surface area contributed by atoms with E-state index in [0.29, 0.717) is 35.7 Å². The number of allylic oxidation sites excluding steroid dienone is 2. The second-order valence-electron chi connectivity index (χ2n) is 8.18. The standard InChI is InChI=1S/C27H30O4/c1-20-10-11-21(2)24(19-20)7-6-18-30-26(28)17-14-22-12-15-23(16-13-22)27(29)31-25-8-4-3-5-9-25/h3-5,8-17,20-21,24H,6-7,18-19H2,1-2H3/b17-14+. The summed E-state index contributed by atoms with van der Waals surface area (Å²) in [4.78, 5) is 24.1. The summed E-state index contributed by atoms with van der Waals surface area (Å²) in [5.74, 6) is 1.64. The highest BCUT2D eigenvalue weighted by atomic mass is 16.5. The molecular formula is C27H30O4. The second-order valence-corrected chi connectivity index (χ2v) is 8.18. The molecule has 3 atom stereocenters. The van der Waals surface area contributed by atoms with Gasteiger partial charge in [-0.05, 0) is 72.9 Å². The van der Waals surface area contributed by atoms with Crippen molar-refractivity contribution in [3.05, 3.63) is 84.0 Å². The zero-order chi connectivity index (χ0) is 22.1. The largest absolute Gasteiger partial charge is 0.463 e. The molecule has 3 rings (SSSR count). The fourth-order valence-corrected chi connectivity index (χ4v) is 3.79. The van der Waals surface area contributed by atoms with E-state index in [9.17, 15) is 9.59 Å². The number of hydrogen-bond donors (Lipinski definition) is 0. The molecule has 3 unspecified atom stereocenters. The molecule has 0 saturated heterocycles. The summed E-state index contributed by atoms with van der Waals surface area (Å²) in [6.45, 7) is 4.95. The van der Waals surface area contributed by atoms with Gasteiger partial charge in [0.25, 0.3) is 0 Å². The maximum atomic E-state index is 12.2. The van der Waals surface area contributed by atoms with E-state index in [1.807, 2.05) is 18.2 Å². The molecule has 0 N–H and O–H groups in total. The van der Waals surface area contributed by atoms with Crippen LogP contribution < -0.4 is 4.74 Å². The van der Waals surface area contributed by atoms with E-state index < -0.39 is 5.97 Å². The Hall–Kier alpha value is -3.14. The lowest BCUT2D eigenvalue weighted by Gasteiger charge is -2.28. The number of carbonyl (C=O) groups excluding carboxylic acids is 2. The molecule has 0 heterocycles. The Balaban J connectivity index is 1.40. The minimum absolute atomic E-state index is 0.350. The van der Waals surface area contributed by atoms with Gasteiger partial charge in [-0.15, -0.1) is 0 Å². The van der Waals surface area contributed by atoms with Crippen molar-refractivity contribution in [2.24, 2.45) is 17.8 Å². The molecule has 4 nitrogen and oxygen atoms in total. The van der Waals surface area contributed by atoms with Gasteiger partial charge in [0.1, 0.15) is 5.75 Å². The van der Waals surface area contributed by atoms with Crippen LogP contribution in [0.15, 0.2) is 72.8 Å². The number of esters is 2. The molecular weight excluding hydrogens is 388 g/mol. The summed E-state index contributed by atoms with van der Waals surface area (Å²) < 4.78 is 10.6. The normalized spacial score (nSPS) is 20.5. The first-order valence-electron chi connectivity index (χ1n) is 10.9. The van der Waals surface area contributed by atoms with Gasteiger partial charge < -0.3 is 9.47 Å². The van der Waals surface area contributed by atoms with Crippen molar-refractivity contribution in [2.45, 2.75) is 33.1 Å². The van der Waals surface area contributed by atoms with E-state index >= 15 is 0 Å². The van der Waals surface area contributed by atoms with E-state index in [4.69, 9.17) is 9.47 Å². The van der Waals surface area contributed by atoms with Crippen molar-refractivity contribution in [1.82, 2.24) is 0 Å². The van der Waals surface area contributed by atoms with Crippen LogP contribution in [0.25, 0.3) is 6.08 Å². The van der Waals surface area contributed by atoms with E-state index in [0.717, 1.165) is 18.4 Å². The average molecular weight is 419 g/mol. The highest BCUT2D eigenvalue weighted by molar-refractivity contribution is 5.91. The maximum absolute atomic E-state index is 12.2. The molecule has 0 spiro atoms. The Morgan fingerprint density at radius 2 is 1.74 bits per heavy atom. The number of rotatable bonds is 8. The number of carbonyl (C=O) groups is 2. The van der Waals surface area contributed by atoms with Crippen molar-refractivity contribution >= 4 is 18.0 Å². The van der Waals surface area contributed by atoms with Crippen molar-refractivity contribution < 1.29 is 19.1 Å². The van der Waals surface area contributed by atoms with E-state index in [1.54, 1.807) is 42.5 Å². The lowest BCUT2D eigenvalue weighted by atomic mass is 9.78. The quantitative estimate of drug-likeness (QED) is 0.171. The highest BCUT2D eigenvalue weighted by Crippen LogP contribution is 2.31. The molecule has 4 heteroatoms. The number of benzene rings is 2. The Labute approximate surface area is 184 Å². The van der Waals surface area contributed by atoms with Crippen LogP contribution in [-0.4, -0.2) is 18.5 Å². The van der Waals surface area contributed by atoms with Crippen LogP contribution >= 0.6 is 0 Å². The summed E-state index contributed by atoms with van der Waals surface area (Å²) in [5.41, 5.74) is 1.26. The molecule has 1 aliphatic carbocycles. The fourth-order valence-electron chi connectivity index (χ4n) is 3.79. The zero-order valence-electron chi connectivity index (χ0n) is 18.2. The SMILES string of the molecule is CC1C=CC(C)C(CCCOC(=O)/C=C/c2ccc(C(=O)Oc3ccccc3)cc2)C1. The van der Waals surface area contributed by atoms with Crippen LogP contribution in [0.1, 0.15) is 49.0 Å². The fraction of sp³-hybridized carbons (Fsp3) is 0.333.